The standard InChI is InChI=1S/C14H8BrF3O2/c15-11-5-4-9(16)6-10(11)14(19)20-7-8-2-1-3-12(17)13(8)18/h1-6H,7H2. The van der Waals surface area contributed by atoms with E-state index in [1.54, 1.807) is 0 Å². The quantitative estimate of drug-likeness (QED) is 0.779. The lowest BCUT2D eigenvalue weighted by Gasteiger charge is -2.07. The highest BCUT2D eigenvalue weighted by molar-refractivity contribution is 9.10. The molecular weight excluding hydrogens is 337 g/mol. The lowest BCUT2D eigenvalue weighted by Crippen LogP contribution is -2.08. The molecule has 20 heavy (non-hydrogen) atoms. The summed E-state index contributed by atoms with van der Waals surface area (Å²) in [5.74, 6) is -3.53. The van der Waals surface area contributed by atoms with Crippen molar-refractivity contribution >= 4 is 21.9 Å². The van der Waals surface area contributed by atoms with Gasteiger partial charge in [0.2, 0.25) is 0 Å². The Labute approximate surface area is 121 Å². The fraction of sp³-hybridized carbons (Fsp3) is 0.0714. The Bertz CT molecular complexity index is 659. The van der Waals surface area contributed by atoms with Crippen LogP contribution in [-0.2, 0) is 11.3 Å². The molecule has 0 aliphatic carbocycles. The van der Waals surface area contributed by atoms with E-state index in [1.807, 2.05) is 0 Å². The van der Waals surface area contributed by atoms with Crippen LogP contribution >= 0.6 is 15.9 Å². The Morgan fingerprint density at radius 2 is 1.90 bits per heavy atom. The molecule has 0 heterocycles. The van der Waals surface area contributed by atoms with E-state index in [0.29, 0.717) is 4.47 Å². The highest BCUT2D eigenvalue weighted by Crippen LogP contribution is 2.20. The van der Waals surface area contributed by atoms with Crippen molar-refractivity contribution in [1.82, 2.24) is 0 Å². The van der Waals surface area contributed by atoms with Crippen LogP contribution in [0.1, 0.15) is 15.9 Å². The van der Waals surface area contributed by atoms with Crippen LogP contribution < -0.4 is 0 Å². The molecule has 0 N–H and O–H groups in total. The van der Waals surface area contributed by atoms with Crippen molar-refractivity contribution in [3.8, 4) is 0 Å². The number of carbonyl (C=O) groups excluding carboxylic acids is 1. The van der Waals surface area contributed by atoms with Crippen LogP contribution in [0.2, 0.25) is 0 Å². The van der Waals surface area contributed by atoms with E-state index in [-0.39, 0.29) is 11.1 Å². The molecule has 2 aromatic carbocycles. The van der Waals surface area contributed by atoms with Crippen LogP contribution in [0.5, 0.6) is 0 Å². The first-order chi connectivity index (χ1) is 9.49. The molecule has 0 radical (unpaired) electrons. The molecule has 2 nitrogen and oxygen atoms in total. The van der Waals surface area contributed by atoms with Crippen LogP contribution in [-0.4, -0.2) is 5.97 Å². The van der Waals surface area contributed by atoms with Gasteiger partial charge in [0.15, 0.2) is 11.6 Å². The molecular formula is C14H8BrF3O2. The Morgan fingerprint density at radius 1 is 1.15 bits per heavy atom. The highest BCUT2D eigenvalue weighted by atomic mass is 79.9. The molecule has 6 heteroatoms. The summed E-state index contributed by atoms with van der Waals surface area (Å²) in [5.41, 5.74) is -0.118. The minimum Gasteiger partial charge on any atom is -0.457 e. The lowest BCUT2D eigenvalue weighted by atomic mass is 10.2. The van der Waals surface area contributed by atoms with Gasteiger partial charge in [0.05, 0.1) is 5.56 Å². The van der Waals surface area contributed by atoms with Gasteiger partial charge in [-0.2, -0.15) is 0 Å². The molecule has 0 spiro atoms. The average molecular weight is 345 g/mol. The third-order valence-electron chi connectivity index (χ3n) is 2.54. The van der Waals surface area contributed by atoms with Crippen LogP contribution in [0.25, 0.3) is 0 Å². The third kappa shape index (κ3) is 3.19. The zero-order chi connectivity index (χ0) is 14.7. The molecule has 0 saturated carbocycles. The summed E-state index contributed by atoms with van der Waals surface area (Å²) < 4.78 is 44.6. The number of benzene rings is 2. The van der Waals surface area contributed by atoms with Gasteiger partial charge < -0.3 is 4.74 Å². The summed E-state index contributed by atoms with van der Waals surface area (Å²) >= 11 is 3.08. The molecule has 0 aliphatic heterocycles. The summed E-state index contributed by atoms with van der Waals surface area (Å²) in [6, 6.07) is 7.09. The Balaban J connectivity index is 2.13. The van der Waals surface area contributed by atoms with Crippen molar-refractivity contribution in [3.05, 3.63) is 69.4 Å². The largest absolute Gasteiger partial charge is 0.457 e. The molecule has 2 rings (SSSR count). The number of carbonyl (C=O) groups is 1. The fourth-order valence-electron chi connectivity index (χ4n) is 1.53. The molecule has 0 aliphatic rings. The van der Waals surface area contributed by atoms with Crippen molar-refractivity contribution in [3.63, 3.8) is 0 Å². The smallest absolute Gasteiger partial charge is 0.339 e. The van der Waals surface area contributed by atoms with Crippen LogP contribution in [0.4, 0.5) is 13.2 Å². The molecule has 0 fully saturated rings. The minimum absolute atomic E-state index is 0.0261. The number of esters is 1. The minimum atomic E-state index is -1.07. The first-order valence-electron chi connectivity index (χ1n) is 5.54. The Hall–Kier alpha value is -1.82. The SMILES string of the molecule is O=C(OCc1cccc(F)c1F)c1cc(F)ccc1Br. The van der Waals surface area contributed by atoms with E-state index in [2.05, 4.69) is 15.9 Å². The molecule has 0 bridgehead atoms. The average Bonchev–Trinajstić information content (AvgIpc) is 2.43. The summed E-state index contributed by atoms with van der Waals surface area (Å²) in [7, 11) is 0. The number of hydrogen-bond acceptors (Lipinski definition) is 2. The number of rotatable bonds is 3. The second kappa shape index (κ2) is 6.09. The van der Waals surface area contributed by atoms with Gasteiger partial charge in [0.1, 0.15) is 12.4 Å². The molecule has 0 atom stereocenters. The van der Waals surface area contributed by atoms with E-state index in [4.69, 9.17) is 4.74 Å². The van der Waals surface area contributed by atoms with Crippen molar-refractivity contribution < 1.29 is 22.7 Å². The maximum atomic E-state index is 13.4. The maximum Gasteiger partial charge on any atom is 0.339 e. The highest BCUT2D eigenvalue weighted by Gasteiger charge is 2.15. The van der Waals surface area contributed by atoms with Gasteiger partial charge in [-0.25, -0.2) is 18.0 Å². The Morgan fingerprint density at radius 3 is 2.65 bits per heavy atom. The zero-order valence-electron chi connectivity index (χ0n) is 10.00. The fourth-order valence-corrected chi connectivity index (χ4v) is 1.94. The molecule has 0 aromatic heterocycles. The van der Waals surface area contributed by atoms with Crippen LogP contribution in [0.3, 0.4) is 0 Å². The molecule has 104 valence electrons. The summed E-state index contributed by atoms with van der Waals surface area (Å²) in [4.78, 5) is 11.8. The topological polar surface area (TPSA) is 26.3 Å². The van der Waals surface area contributed by atoms with Crippen molar-refractivity contribution in [2.75, 3.05) is 0 Å². The van der Waals surface area contributed by atoms with Gasteiger partial charge in [-0.3, -0.25) is 0 Å². The molecule has 0 saturated heterocycles. The summed E-state index contributed by atoms with van der Waals surface area (Å²) in [6.45, 7) is -0.439. The van der Waals surface area contributed by atoms with Gasteiger partial charge >= 0.3 is 5.97 Å². The van der Waals surface area contributed by atoms with E-state index in [0.717, 1.165) is 12.1 Å². The Kier molecular flexibility index (Phi) is 4.44. The van der Waals surface area contributed by atoms with Gasteiger partial charge in [0, 0.05) is 10.0 Å². The number of hydrogen-bond donors (Lipinski definition) is 0. The van der Waals surface area contributed by atoms with Gasteiger partial charge in [0.25, 0.3) is 0 Å². The third-order valence-corrected chi connectivity index (χ3v) is 3.23. The van der Waals surface area contributed by atoms with Crippen molar-refractivity contribution in [2.45, 2.75) is 6.61 Å². The summed E-state index contributed by atoms with van der Waals surface area (Å²) in [6.07, 6.45) is 0. The predicted molar refractivity (Wildman–Crippen MR) is 69.6 cm³/mol. The normalized spacial score (nSPS) is 10.4. The predicted octanol–water partition coefficient (Wildman–Crippen LogP) is 4.22. The van der Waals surface area contributed by atoms with Crippen molar-refractivity contribution in [2.24, 2.45) is 0 Å². The zero-order valence-corrected chi connectivity index (χ0v) is 11.6. The van der Waals surface area contributed by atoms with E-state index in [9.17, 15) is 18.0 Å². The molecule has 0 unspecified atom stereocenters. The monoisotopic (exact) mass is 344 g/mol. The second-order valence-corrected chi connectivity index (χ2v) is 4.77. The van der Waals surface area contributed by atoms with E-state index < -0.39 is 30.0 Å². The first kappa shape index (κ1) is 14.6. The van der Waals surface area contributed by atoms with E-state index >= 15 is 0 Å². The number of ether oxygens (including phenoxy) is 1. The van der Waals surface area contributed by atoms with Gasteiger partial charge in [-0.15, -0.1) is 0 Å². The summed E-state index contributed by atoms with van der Waals surface area (Å²) in [5, 5.41) is 0. The van der Waals surface area contributed by atoms with Gasteiger partial charge in [-0.1, -0.05) is 12.1 Å². The lowest BCUT2D eigenvalue weighted by molar-refractivity contribution is 0.0466. The number of halogens is 4. The maximum absolute atomic E-state index is 13.4. The van der Waals surface area contributed by atoms with Gasteiger partial charge in [-0.05, 0) is 40.2 Å². The van der Waals surface area contributed by atoms with Crippen LogP contribution in [0.15, 0.2) is 40.9 Å². The first-order valence-corrected chi connectivity index (χ1v) is 6.33. The molecule has 2 aromatic rings. The second-order valence-electron chi connectivity index (χ2n) is 3.91. The van der Waals surface area contributed by atoms with E-state index in [1.165, 1.54) is 24.3 Å². The van der Waals surface area contributed by atoms with Crippen LogP contribution in [0, 0.1) is 17.5 Å². The van der Waals surface area contributed by atoms with Crippen molar-refractivity contribution in [1.29, 1.82) is 0 Å². The molecule has 0 amide bonds.